The minimum atomic E-state index is -0.413. The van der Waals surface area contributed by atoms with Crippen LogP contribution in [0.4, 0.5) is 0 Å². The van der Waals surface area contributed by atoms with Crippen molar-refractivity contribution in [3.63, 3.8) is 0 Å². The van der Waals surface area contributed by atoms with Gasteiger partial charge in [0.1, 0.15) is 0 Å². The number of nitrogens with one attached hydrogen (secondary N) is 1. The van der Waals surface area contributed by atoms with Crippen molar-refractivity contribution in [2.24, 2.45) is 0 Å². The van der Waals surface area contributed by atoms with E-state index in [-0.39, 0.29) is 0 Å². The van der Waals surface area contributed by atoms with Crippen molar-refractivity contribution < 1.29 is 9.84 Å². The zero-order valence-electron chi connectivity index (χ0n) is 13.0. The number of aliphatic hydroxyl groups excluding tert-OH is 1. The molecule has 0 spiro atoms. The second-order valence-electron chi connectivity index (χ2n) is 5.75. The minimum Gasteiger partial charge on any atom is -0.389 e. The van der Waals surface area contributed by atoms with Gasteiger partial charge in [0.2, 0.25) is 0 Å². The van der Waals surface area contributed by atoms with Gasteiger partial charge in [-0.05, 0) is 24.3 Å². The van der Waals surface area contributed by atoms with E-state index in [9.17, 15) is 5.11 Å². The highest BCUT2D eigenvalue weighted by molar-refractivity contribution is 5.18. The Morgan fingerprint density at radius 2 is 1.85 bits per heavy atom. The molecular formula is C17H29NO2. The third kappa shape index (κ3) is 7.63. The van der Waals surface area contributed by atoms with Crippen molar-refractivity contribution in [2.45, 2.75) is 51.7 Å². The second kappa shape index (κ2) is 9.92. The Bertz CT molecular complexity index is 340. The van der Waals surface area contributed by atoms with Gasteiger partial charge in [-0.25, -0.2) is 0 Å². The number of ether oxygens (including phenoxy) is 1. The van der Waals surface area contributed by atoms with Gasteiger partial charge in [0.25, 0.3) is 0 Å². The zero-order chi connectivity index (χ0) is 14.8. The Morgan fingerprint density at radius 1 is 1.15 bits per heavy atom. The normalized spacial score (nSPS) is 14.4. The quantitative estimate of drug-likeness (QED) is 0.647. The maximum absolute atomic E-state index is 9.70. The summed E-state index contributed by atoms with van der Waals surface area (Å²) >= 11 is 0. The van der Waals surface area contributed by atoms with Gasteiger partial charge < -0.3 is 15.2 Å². The van der Waals surface area contributed by atoms with E-state index in [0.717, 1.165) is 19.4 Å². The summed E-state index contributed by atoms with van der Waals surface area (Å²) in [5, 5.41) is 12.9. The summed E-state index contributed by atoms with van der Waals surface area (Å²) in [6.07, 6.45) is 1.73. The lowest BCUT2D eigenvalue weighted by atomic mass is 9.97. The fourth-order valence-electron chi connectivity index (χ4n) is 2.09. The molecule has 2 atom stereocenters. The average molecular weight is 279 g/mol. The minimum absolute atomic E-state index is 0.399. The smallest absolute Gasteiger partial charge is 0.0897 e. The first-order valence-corrected chi connectivity index (χ1v) is 7.63. The monoisotopic (exact) mass is 279 g/mol. The van der Waals surface area contributed by atoms with Crippen LogP contribution in [-0.2, 0) is 4.74 Å². The molecule has 0 bridgehead atoms. The molecule has 3 heteroatoms. The molecule has 0 fully saturated rings. The van der Waals surface area contributed by atoms with E-state index in [4.69, 9.17) is 4.74 Å². The molecule has 0 aliphatic rings. The third-order valence-corrected chi connectivity index (χ3v) is 3.37. The predicted molar refractivity (Wildman–Crippen MR) is 84.1 cm³/mol. The Morgan fingerprint density at radius 3 is 2.50 bits per heavy atom. The molecule has 0 radical (unpaired) electrons. The molecule has 0 saturated carbocycles. The van der Waals surface area contributed by atoms with Crippen molar-refractivity contribution in [1.29, 1.82) is 0 Å². The van der Waals surface area contributed by atoms with Gasteiger partial charge >= 0.3 is 0 Å². The van der Waals surface area contributed by atoms with Gasteiger partial charge in [-0.3, -0.25) is 0 Å². The standard InChI is InChI=1S/C17H29NO2/c1-14(2)18-12-17(19)13-20-11-7-8-15(3)16-9-5-4-6-10-16/h4-6,9-10,14-15,17-19H,7-8,11-13H2,1-3H3. The van der Waals surface area contributed by atoms with E-state index in [2.05, 4.69) is 50.4 Å². The molecular weight excluding hydrogens is 250 g/mol. The summed E-state index contributed by atoms with van der Waals surface area (Å²) in [7, 11) is 0. The Hall–Kier alpha value is -0.900. The van der Waals surface area contributed by atoms with Crippen LogP contribution in [0.25, 0.3) is 0 Å². The molecule has 0 heterocycles. The fraction of sp³-hybridized carbons (Fsp3) is 0.647. The van der Waals surface area contributed by atoms with Crippen LogP contribution in [0.2, 0.25) is 0 Å². The van der Waals surface area contributed by atoms with E-state index in [0.29, 0.717) is 25.1 Å². The van der Waals surface area contributed by atoms with Gasteiger partial charge in [-0.15, -0.1) is 0 Å². The molecule has 3 nitrogen and oxygen atoms in total. The first-order chi connectivity index (χ1) is 9.59. The highest BCUT2D eigenvalue weighted by atomic mass is 16.5. The lowest BCUT2D eigenvalue weighted by Gasteiger charge is -2.15. The molecule has 0 aromatic heterocycles. The van der Waals surface area contributed by atoms with Crippen LogP contribution in [-0.4, -0.2) is 37.0 Å². The highest BCUT2D eigenvalue weighted by Crippen LogP contribution is 2.19. The lowest BCUT2D eigenvalue weighted by Crippen LogP contribution is -2.34. The van der Waals surface area contributed by atoms with Crippen LogP contribution >= 0.6 is 0 Å². The molecule has 0 amide bonds. The summed E-state index contributed by atoms with van der Waals surface area (Å²) in [4.78, 5) is 0. The molecule has 1 aromatic carbocycles. The number of benzene rings is 1. The van der Waals surface area contributed by atoms with Gasteiger partial charge in [0.05, 0.1) is 12.7 Å². The Balaban J connectivity index is 2.04. The van der Waals surface area contributed by atoms with Crippen molar-refractivity contribution in [3.05, 3.63) is 35.9 Å². The van der Waals surface area contributed by atoms with Crippen LogP contribution < -0.4 is 5.32 Å². The molecule has 2 N–H and O–H groups in total. The van der Waals surface area contributed by atoms with Gasteiger partial charge in [0.15, 0.2) is 0 Å². The molecule has 0 aliphatic heterocycles. The second-order valence-corrected chi connectivity index (χ2v) is 5.75. The van der Waals surface area contributed by atoms with E-state index in [1.807, 2.05) is 6.07 Å². The largest absolute Gasteiger partial charge is 0.389 e. The number of hydrogen-bond acceptors (Lipinski definition) is 3. The van der Waals surface area contributed by atoms with Crippen molar-refractivity contribution in [1.82, 2.24) is 5.32 Å². The lowest BCUT2D eigenvalue weighted by molar-refractivity contribution is 0.0344. The third-order valence-electron chi connectivity index (χ3n) is 3.37. The summed E-state index contributed by atoms with van der Waals surface area (Å²) < 4.78 is 5.52. The van der Waals surface area contributed by atoms with Crippen LogP contribution in [0.3, 0.4) is 0 Å². The molecule has 0 aliphatic carbocycles. The Kier molecular flexibility index (Phi) is 8.51. The summed E-state index contributed by atoms with van der Waals surface area (Å²) in [6, 6.07) is 11.0. The molecule has 114 valence electrons. The number of aliphatic hydroxyl groups is 1. The SMILES string of the molecule is CC(C)NCC(O)COCCCC(C)c1ccccc1. The van der Waals surface area contributed by atoms with Crippen LogP contribution in [0.1, 0.15) is 45.1 Å². The van der Waals surface area contributed by atoms with Crippen molar-refractivity contribution in [3.8, 4) is 0 Å². The molecule has 1 rings (SSSR count). The average Bonchev–Trinajstić information content (AvgIpc) is 2.45. The predicted octanol–water partition coefficient (Wildman–Crippen LogP) is 2.95. The van der Waals surface area contributed by atoms with Crippen LogP contribution in [0.15, 0.2) is 30.3 Å². The van der Waals surface area contributed by atoms with E-state index in [1.165, 1.54) is 5.56 Å². The van der Waals surface area contributed by atoms with Gasteiger partial charge in [-0.1, -0.05) is 51.1 Å². The summed E-state index contributed by atoms with van der Waals surface area (Å²) in [5.41, 5.74) is 1.38. The maximum Gasteiger partial charge on any atom is 0.0897 e. The maximum atomic E-state index is 9.70. The topological polar surface area (TPSA) is 41.5 Å². The molecule has 0 saturated heterocycles. The Labute approximate surface area is 123 Å². The van der Waals surface area contributed by atoms with E-state index in [1.54, 1.807) is 0 Å². The van der Waals surface area contributed by atoms with Gasteiger partial charge in [-0.2, -0.15) is 0 Å². The molecule has 2 unspecified atom stereocenters. The van der Waals surface area contributed by atoms with Crippen LogP contribution in [0, 0.1) is 0 Å². The van der Waals surface area contributed by atoms with Crippen LogP contribution in [0.5, 0.6) is 0 Å². The van der Waals surface area contributed by atoms with Crippen molar-refractivity contribution in [2.75, 3.05) is 19.8 Å². The summed E-state index contributed by atoms with van der Waals surface area (Å²) in [5.74, 6) is 0.562. The van der Waals surface area contributed by atoms with Crippen molar-refractivity contribution >= 4 is 0 Å². The number of rotatable bonds is 10. The highest BCUT2D eigenvalue weighted by Gasteiger charge is 2.06. The first kappa shape index (κ1) is 17.2. The van der Waals surface area contributed by atoms with Gasteiger partial charge in [0, 0.05) is 19.2 Å². The molecule has 1 aromatic rings. The zero-order valence-corrected chi connectivity index (χ0v) is 13.0. The van der Waals surface area contributed by atoms with E-state index < -0.39 is 6.10 Å². The molecule has 20 heavy (non-hydrogen) atoms. The first-order valence-electron chi connectivity index (χ1n) is 7.63. The number of hydrogen-bond donors (Lipinski definition) is 2. The van der Waals surface area contributed by atoms with E-state index >= 15 is 0 Å². The summed E-state index contributed by atoms with van der Waals surface area (Å²) in [6.45, 7) is 8.11. The fourth-order valence-corrected chi connectivity index (χ4v) is 2.09.